The summed E-state index contributed by atoms with van der Waals surface area (Å²) in [5.41, 5.74) is 3.33. The molecule has 1 aliphatic rings. The van der Waals surface area contributed by atoms with Gasteiger partial charge in [0.15, 0.2) is 0 Å². The molecule has 4 rings (SSSR count). The molecule has 6 nitrogen and oxygen atoms in total. The number of para-hydroxylation sites is 1. The number of hydrogen-bond acceptors (Lipinski definition) is 4. The van der Waals surface area contributed by atoms with Crippen LogP contribution in [0.4, 0.5) is 0 Å². The Morgan fingerprint density at radius 2 is 2.12 bits per heavy atom. The number of nitrogens with zero attached hydrogens (tertiary/aromatic N) is 1. The summed E-state index contributed by atoms with van der Waals surface area (Å²) >= 11 is 1.30. The number of aliphatic hydroxyl groups excluding tert-OH is 1. The largest absolute Gasteiger partial charge is 0.394 e. The molecule has 2 aromatic heterocycles. The highest BCUT2D eigenvalue weighted by molar-refractivity contribution is 7.12. The molecule has 26 heavy (non-hydrogen) atoms. The number of fused-ring (bicyclic) bond motifs is 3. The van der Waals surface area contributed by atoms with Gasteiger partial charge in [0.05, 0.1) is 18.0 Å². The van der Waals surface area contributed by atoms with Gasteiger partial charge in [-0.25, -0.2) is 0 Å². The smallest absolute Gasteiger partial charge is 0.262 e. The van der Waals surface area contributed by atoms with Crippen LogP contribution in [0.25, 0.3) is 10.9 Å². The zero-order valence-electron chi connectivity index (χ0n) is 14.1. The molecule has 0 fully saturated rings. The second kappa shape index (κ2) is 6.93. The Hall–Kier alpha value is -2.64. The number of benzene rings is 1. The Kier molecular flexibility index (Phi) is 4.48. The van der Waals surface area contributed by atoms with Crippen molar-refractivity contribution in [2.75, 3.05) is 13.2 Å². The third kappa shape index (κ3) is 3.00. The lowest BCUT2D eigenvalue weighted by molar-refractivity contribution is -0.135. The molecule has 0 saturated carbocycles. The van der Waals surface area contributed by atoms with Gasteiger partial charge >= 0.3 is 0 Å². The number of hydrogen-bond donors (Lipinski definition) is 3. The molecule has 3 N–H and O–H groups in total. The summed E-state index contributed by atoms with van der Waals surface area (Å²) in [6, 6.07) is 10.6. The zero-order chi connectivity index (χ0) is 18.1. The van der Waals surface area contributed by atoms with Gasteiger partial charge in [-0.05, 0) is 29.5 Å². The molecule has 0 saturated heterocycles. The van der Waals surface area contributed by atoms with E-state index in [-0.39, 0.29) is 11.8 Å². The maximum atomic E-state index is 12.8. The summed E-state index contributed by atoms with van der Waals surface area (Å²) in [5, 5.41) is 15.2. The Bertz CT molecular complexity index is 948. The predicted molar refractivity (Wildman–Crippen MR) is 100 cm³/mol. The molecule has 0 spiro atoms. The van der Waals surface area contributed by atoms with Crippen LogP contribution >= 0.6 is 11.3 Å². The van der Waals surface area contributed by atoms with Crippen molar-refractivity contribution in [3.8, 4) is 0 Å². The van der Waals surface area contributed by atoms with Crippen LogP contribution in [0.1, 0.15) is 20.9 Å². The molecular weight excluding hydrogens is 350 g/mol. The number of nitrogens with one attached hydrogen (secondary N) is 2. The van der Waals surface area contributed by atoms with Crippen LogP contribution in [-0.4, -0.2) is 46.0 Å². The van der Waals surface area contributed by atoms with E-state index in [0.29, 0.717) is 18.0 Å². The van der Waals surface area contributed by atoms with E-state index in [1.165, 1.54) is 22.3 Å². The van der Waals surface area contributed by atoms with E-state index in [4.69, 9.17) is 0 Å². The Morgan fingerprint density at radius 3 is 2.88 bits per heavy atom. The van der Waals surface area contributed by atoms with Gasteiger partial charge in [0, 0.05) is 23.1 Å². The molecule has 0 aliphatic carbocycles. The van der Waals surface area contributed by atoms with Crippen LogP contribution in [0.3, 0.4) is 0 Å². The average Bonchev–Trinajstić information content (AvgIpc) is 3.32. The van der Waals surface area contributed by atoms with Gasteiger partial charge in [0.2, 0.25) is 5.91 Å². The van der Waals surface area contributed by atoms with Crippen LogP contribution in [0, 0.1) is 0 Å². The normalized spacial score (nSPS) is 14.9. The summed E-state index contributed by atoms with van der Waals surface area (Å²) in [6.07, 6.45) is 0.752. The Labute approximate surface area is 154 Å². The number of carbonyl (C=O) groups is 2. The molecule has 1 aliphatic heterocycles. The zero-order valence-corrected chi connectivity index (χ0v) is 14.9. The summed E-state index contributed by atoms with van der Waals surface area (Å²) in [6.45, 7) is 0.597. The highest BCUT2D eigenvalue weighted by Crippen LogP contribution is 2.27. The number of amides is 2. The third-order valence-corrected chi connectivity index (χ3v) is 5.59. The van der Waals surface area contributed by atoms with E-state index >= 15 is 0 Å². The number of aliphatic hydroxyl groups is 1. The maximum Gasteiger partial charge on any atom is 0.262 e. The van der Waals surface area contributed by atoms with Crippen molar-refractivity contribution in [2.24, 2.45) is 0 Å². The second-order valence-corrected chi connectivity index (χ2v) is 7.27. The summed E-state index contributed by atoms with van der Waals surface area (Å²) < 4.78 is 0. The molecule has 0 radical (unpaired) electrons. The van der Waals surface area contributed by atoms with Crippen molar-refractivity contribution in [3.05, 3.63) is 57.9 Å². The van der Waals surface area contributed by atoms with E-state index in [9.17, 15) is 14.7 Å². The van der Waals surface area contributed by atoms with E-state index in [2.05, 4.69) is 16.4 Å². The van der Waals surface area contributed by atoms with Gasteiger partial charge in [-0.15, -0.1) is 11.3 Å². The van der Waals surface area contributed by atoms with E-state index < -0.39 is 12.6 Å². The molecular formula is C19H19N3O3S. The maximum absolute atomic E-state index is 12.8. The first-order valence-corrected chi connectivity index (χ1v) is 9.38. The number of aromatic amines is 1. The van der Waals surface area contributed by atoms with Crippen LogP contribution in [0.5, 0.6) is 0 Å². The molecule has 7 heteroatoms. The van der Waals surface area contributed by atoms with Crippen LogP contribution < -0.4 is 5.32 Å². The highest BCUT2D eigenvalue weighted by atomic mass is 32.1. The summed E-state index contributed by atoms with van der Waals surface area (Å²) in [5.74, 6) is -0.600. The van der Waals surface area contributed by atoms with E-state index in [0.717, 1.165) is 17.6 Å². The fourth-order valence-corrected chi connectivity index (χ4v) is 4.05. The molecule has 134 valence electrons. The molecule has 3 heterocycles. The minimum atomic E-state index is -0.935. The van der Waals surface area contributed by atoms with Gasteiger partial charge < -0.3 is 20.3 Å². The molecule has 1 unspecified atom stereocenters. The molecule has 1 atom stereocenters. The predicted octanol–water partition coefficient (Wildman–Crippen LogP) is 1.91. The third-order valence-electron chi connectivity index (χ3n) is 4.73. The van der Waals surface area contributed by atoms with Crippen LogP contribution in [0.15, 0.2) is 41.8 Å². The van der Waals surface area contributed by atoms with Gasteiger partial charge in [-0.1, -0.05) is 24.3 Å². The average molecular weight is 369 g/mol. The van der Waals surface area contributed by atoms with Crippen molar-refractivity contribution >= 4 is 34.1 Å². The Balaban J connectivity index is 1.50. The number of H-pyrrole nitrogens is 1. The summed E-state index contributed by atoms with van der Waals surface area (Å²) in [7, 11) is 0. The van der Waals surface area contributed by atoms with Gasteiger partial charge in [0.25, 0.3) is 5.91 Å². The summed E-state index contributed by atoms with van der Waals surface area (Å²) in [4.78, 5) is 30.6. The fraction of sp³-hybridized carbons (Fsp3) is 0.263. The van der Waals surface area contributed by atoms with Crippen molar-refractivity contribution in [1.29, 1.82) is 0 Å². The lowest BCUT2D eigenvalue weighted by Crippen LogP contribution is -2.51. The first-order chi connectivity index (χ1) is 12.7. The molecule has 2 amide bonds. The first-order valence-electron chi connectivity index (χ1n) is 8.50. The molecule has 1 aromatic carbocycles. The number of rotatable bonds is 4. The van der Waals surface area contributed by atoms with Gasteiger partial charge in [-0.3, -0.25) is 9.59 Å². The number of aromatic nitrogens is 1. The first kappa shape index (κ1) is 16.8. The topological polar surface area (TPSA) is 85.4 Å². The van der Waals surface area contributed by atoms with E-state index in [1.54, 1.807) is 22.4 Å². The van der Waals surface area contributed by atoms with Crippen LogP contribution in [-0.2, 0) is 17.8 Å². The monoisotopic (exact) mass is 369 g/mol. The van der Waals surface area contributed by atoms with E-state index in [1.807, 2.05) is 18.2 Å². The molecule has 3 aromatic rings. The minimum Gasteiger partial charge on any atom is -0.394 e. The standard InChI is InChI=1S/C19H19N3O3S/c23-11-16(21-18(24)17-6-3-9-26-17)19(25)22-8-7-13-12-4-1-2-5-14(12)20-15(13)10-22/h1-6,9,16,20,23H,7-8,10-11H2,(H,21,24). The number of thiophene rings is 1. The number of carbonyl (C=O) groups excluding carboxylic acids is 2. The second-order valence-electron chi connectivity index (χ2n) is 6.32. The van der Waals surface area contributed by atoms with Gasteiger partial charge in [0.1, 0.15) is 6.04 Å². The SMILES string of the molecule is O=C(NC(CO)C(=O)N1CCc2c([nH]c3ccccc23)C1)c1cccs1. The van der Waals surface area contributed by atoms with Crippen molar-refractivity contribution in [1.82, 2.24) is 15.2 Å². The van der Waals surface area contributed by atoms with Gasteiger partial charge in [-0.2, -0.15) is 0 Å². The lowest BCUT2D eigenvalue weighted by Gasteiger charge is -2.30. The molecule has 0 bridgehead atoms. The van der Waals surface area contributed by atoms with Crippen molar-refractivity contribution in [3.63, 3.8) is 0 Å². The van der Waals surface area contributed by atoms with Crippen molar-refractivity contribution < 1.29 is 14.7 Å². The quantitative estimate of drug-likeness (QED) is 0.657. The highest BCUT2D eigenvalue weighted by Gasteiger charge is 2.29. The fourth-order valence-electron chi connectivity index (χ4n) is 3.42. The minimum absolute atomic E-state index is 0.262. The lowest BCUT2D eigenvalue weighted by atomic mass is 10.0. The van der Waals surface area contributed by atoms with Crippen LogP contribution in [0.2, 0.25) is 0 Å². The Morgan fingerprint density at radius 1 is 1.27 bits per heavy atom. The van der Waals surface area contributed by atoms with Crippen molar-refractivity contribution in [2.45, 2.75) is 19.0 Å².